The first kappa shape index (κ1) is 12.2. The summed E-state index contributed by atoms with van der Waals surface area (Å²) in [6.45, 7) is 3.27. The van der Waals surface area contributed by atoms with Gasteiger partial charge in [0, 0.05) is 23.9 Å². The van der Waals surface area contributed by atoms with Gasteiger partial charge in [-0.25, -0.2) is 4.39 Å². The van der Waals surface area contributed by atoms with E-state index in [0.29, 0.717) is 30.1 Å². The SMILES string of the molecule is CC1(Nc2c(F)cc(N)c3cccnc23)CCOC1. The van der Waals surface area contributed by atoms with Crippen LogP contribution in [0, 0.1) is 5.82 Å². The average molecular weight is 261 g/mol. The van der Waals surface area contributed by atoms with Gasteiger partial charge in [0.1, 0.15) is 0 Å². The van der Waals surface area contributed by atoms with Crippen LogP contribution in [0.25, 0.3) is 10.9 Å². The second-order valence-corrected chi connectivity index (χ2v) is 5.21. The van der Waals surface area contributed by atoms with Gasteiger partial charge in [-0.1, -0.05) is 0 Å². The number of anilines is 2. The minimum atomic E-state index is -0.378. The zero-order chi connectivity index (χ0) is 13.5. The van der Waals surface area contributed by atoms with E-state index in [4.69, 9.17) is 10.5 Å². The number of halogens is 1. The summed E-state index contributed by atoms with van der Waals surface area (Å²) in [5.74, 6) is -0.378. The van der Waals surface area contributed by atoms with E-state index in [1.807, 2.05) is 13.0 Å². The molecule has 100 valence electrons. The molecule has 0 amide bonds. The minimum absolute atomic E-state index is 0.262. The molecule has 0 spiro atoms. The third-order valence-corrected chi connectivity index (χ3v) is 3.52. The maximum Gasteiger partial charge on any atom is 0.150 e. The van der Waals surface area contributed by atoms with Gasteiger partial charge in [0.25, 0.3) is 0 Å². The normalized spacial score (nSPS) is 22.8. The van der Waals surface area contributed by atoms with Crippen LogP contribution in [0.1, 0.15) is 13.3 Å². The molecule has 1 fully saturated rings. The zero-order valence-electron chi connectivity index (χ0n) is 10.7. The fraction of sp³-hybridized carbons (Fsp3) is 0.357. The molecule has 1 aromatic carbocycles. The lowest BCUT2D eigenvalue weighted by atomic mass is 10.0. The van der Waals surface area contributed by atoms with Crippen molar-refractivity contribution in [2.75, 3.05) is 24.3 Å². The van der Waals surface area contributed by atoms with E-state index in [9.17, 15) is 4.39 Å². The molecule has 2 heterocycles. The molecule has 1 atom stereocenters. The predicted octanol–water partition coefficient (Wildman–Crippen LogP) is 2.55. The highest BCUT2D eigenvalue weighted by molar-refractivity contribution is 5.98. The summed E-state index contributed by atoms with van der Waals surface area (Å²) in [5, 5.41) is 4.00. The van der Waals surface area contributed by atoms with Crippen LogP contribution in [-0.4, -0.2) is 23.7 Å². The third kappa shape index (κ3) is 2.10. The summed E-state index contributed by atoms with van der Waals surface area (Å²) in [6.07, 6.45) is 2.48. The van der Waals surface area contributed by atoms with Crippen LogP contribution in [0.5, 0.6) is 0 Å². The van der Waals surface area contributed by atoms with E-state index in [0.717, 1.165) is 11.8 Å². The third-order valence-electron chi connectivity index (χ3n) is 3.52. The molecule has 2 aromatic rings. The molecule has 19 heavy (non-hydrogen) atoms. The summed E-state index contributed by atoms with van der Waals surface area (Å²) in [6, 6.07) is 4.97. The second kappa shape index (κ2) is 4.35. The van der Waals surface area contributed by atoms with Gasteiger partial charge >= 0.3 is 0 Å². The number of hydrogen-bond acceptors (Lipinski definition) is 4. The molecular weight excluding hydrogens is 245 g/mol. The number of hydrogen-bond donors (Lipinski definition) is 2. The molecule has 0 radical (unpaired) electrons. The first-order valence-corrected chi connectivity index (χ1v) is 6.28. The maximum absolute atomic E-state index is 14.2. The summed E-state index contributed by atoms with van der Waals surface area (Å²) in [7, 11) is 0. The van der Waals surface area contributed by atoms with Crippen molar-refractivity contribution in [3.63, 3.8) is 0 Å². The molecular formula is C14H16FN3O. The number of nitrogen functional groups attached to an aromatic ring is 1. The van der Waals surface area contributed by atoms with Gasteiger partial charge in [0.15, 0.2) is 5.82 Å². The smallest absolute Gasteiger partial charge is 0.150 e. The Morgan fingerprint density at radius 3 is 3.11 bits per heavy atom. The Hall–Kier alpha value is -1.88. The fourth-order valence-corrected chi connectivity index (χ4v) is 2.42. The van der Waals surface area contributed by atoms with Gasteiger partial charge in [-0.2, -0.15) is 0 Å². The molecule has 0 bridgehead atoms. The fourth-order valence-electron chi connectivity index (χ4n) is 2.42. The summed E-state index contributed by atoms with van der Waals surface area (Å²) in [4.78, 5) is 4.25. The Morgan fingerprint density at radius 2 is 2.37 bits per heavy atom. The predicted molar refractivity (Wildman–Crippen MR) is 73.6 cm³/mol. The number of pyridine rings is 1. The standard InChI is InChI=1S/C14H16FN3O/c1-14(4-6-19-8-14)18-13-10(15)7-11(16)9-3-2-5-17-12(9)13/h2-3,5,7,18H,4,6,8,16H2,1H3. The van der Waals surface area contributed by atoms with Crippen LogP contribution in [0.2, 0.25) is 0 Å². The minimum Gasteiger partial charge on any atom is -0.398 e. The van der Waals surface area contributed by atoms with E-state index >= 15 is 0 Å². The van der Waals surface area contributed by atoms with Gasteiger partial charge < -0.3 is 15.8 Å². The van der Waals surface area contributed by atoms with Crippen LogP contribution in [0.3, 0.4) is 0 Å². The number of ether oxygens (including phenoxy) is 1. The van der Waals surface area contributed by atoms with Crippen molar-refractivity contribution >= 4 is 22.3 Å². The molecule has 0 saturated carbocycles. The van der Waals surface area contributed by atoms with Crippen LogP contribution in [0.4, 0.5) is 15.8 Å². The highest BCUT2D eigenvalue weighted by Crippen LogP contribution is 2.33. The van der Waals surface area contributed by atoms with Gasteiger partial charge in [-0.05, 0) is 31.5 Å². The molecule has 1 saturated heterocycles. The lowest BCUT2D eigenvalue weighted by molar-refractivity contribution is 0.185. The zero-order valence-corrected chi connectivity index (χ0v) is 10.7. The number of nitrogens with one attached hydrogen (secondary N) is 1. The molecule has 1 unspecified atom stereocenters. The number of nitrogens with zero attached hydrogens (tertiary/aromatic N) is 1. The van der Waals surface area contributed by atoms with Crippen molar-refractivity contribution in [2.45, 2.75) is 18.9 Å². The molecule has 0 aliphatic carbocycles. The van der Waals surface area contributed by atoms with Crippen LogP contribution in [0.15, 0.2) is 24.4 Å². The Bertz CT molecular complexity index is 623. The van der Waals surface area contributed by atoms with Gasteiger partial charge in [-0.15, -0.1) is 0 Å². The summed E-state index contributed by atoms with van der Waals surface area (Å²) < 4.78 is 19.6. The molecule has 3 N–H and O–H groups in total. The molecule has 3 rings (SSSR count). The number of fused-ring (bicyclic) bond motifs is 1. The van der Waals surface area contributed by atoms with Crippen LogP contribution < -0.4 is 11.1 Å². The first-order chi connectivity index (χ1) is 9.09. The van der Waals surface area contributed by atoms with Gasteiger partial charge in [0.05, 0.1) is 23.3 Å². The quantitative estimate of drug-likeness (QED) is 0.816. The number of rotatable bonds is 2. The first-order valence-electron chi connectivity index (χ1n) is 6.28. The van der Waals surface area contributed by atoms with E-state index in [2.05, 4.69) is 10.3 Å². The lowest BCUT2D eigenvalue weighted by Gasteiger charge is -2.26. The number of aromatic nitrogens is 1. The van der Waals surface area contributed by atoms with Crippen LogP contribution >= 0.6 is 0 Å². The largest absolute Gasteiger partial charge is 0.398 e. The molecule has 1 aromatic heterocycles. The van der Waals surface area contributed by atoms with Gasteiger partial charge in [0.2, 0.25) is 0 Å². The van der Waals surface area contributed by atoms with Crippen molar-refractivity contribution in [1.82, 2.24) is 4.98 Å². The maximum atomic E-state index is 14.2. The Balaban J connectivity index is 2.12. The summed E-state index contributed by atoms with van der Waals surface area (Å²) >= 11 is 0. The molecule has 4 nitrogen and oxygen atoms in total. The highest BCUT2D eigenvalue weighted by Gasteiger charge is 2.31. The van der Waals surface area contributed by atoms with Crippen molar-refractivity contribution in [3.05, 3.63) is 30.2 Å². The van der Waals surface area contributed by atoms with Crippen LogP contribution in [-0.2, 0) is 4.74 Å². The summed E-state index contributed by atoms with van der Waals surface area (Å²) in [5.41, 5.74) is 6.94. The highest BCUT2D eigenvalue weighted by atomic mass is 19.1. The Labute approximate surface area is 110 Å². The van der Waals surface area contributed by atoms with Crippen molar-refractivity contribution in [3.8, 4) is 0 Å². The van der Waals surface area contributed by atoms with Gasteiger partial charge in [-0.3, -0.25) is 4.98 Å². The number of benzene rings is 1. The Morgan fingerprint density at radius 1 is 1.53 bits per heavy atom. The van der Waals surface area contributed by atoms with Crippen molar-refractivity contribution < 1.29 is 9.13 Å². The topological polar surface area (TPSA) is 60.2 Å². The molecule has 1 aliphatic rings. The van der Waals surface area contributed by atoms with E-state index < -0.39 is 0 Å². The second-order valence-electron chi connectivity index (χ2n) is 5.21. The van der Waals surface area contributed by atoms with E-state index in [1.54, 1.807) is 12.3 Å². The van der Waals surface area contributed by atoms with E-state index in [1.165, 1.54) is 6.07 Å². The van der Waals surface area contributed by atoms with Crippen molar-refractivity contribution in [1.29, 1.82) is 0 Å². The van der Waals surface area contributed by atoms with E-state index in [-0.39, 0.29) is 11.4 Å². The Kier molecular flexibility index (Phi) is 2.78. The number of nitrogens with two attached hydrogens (primary N) is 1. The monoisotopic (exact) mass is 261 g/mol. The molecule has 5 heteroatoms. The average Bonchev–Trinajstić information content (AvgIpc) is 2.82. The lowest BCUT2D eigenvalue weighted by Crippen LogP contribution is -2.35. The molecule has 1 aliphatic heterocycles. The van der Waals surface area contributed by atoms with Crippen molar-refractivity contribution in [2.24, 2.45) is 0 Å².